The van der Waals surface area contributed by atoms with Gasteiger partial charge < -0.3 is 24.9 Å². The summed E-state index contributed by atoms with van der Waals surface area (Å²) in [6, 6.07) is 8.35. The molecule has 6 aliphatic rings. The Morgan fingerprint density at radius 1 is 0.882 bits per heavy atom. The summed E-state index contributed by atoms with van der Waals surface area (Å²) in [4.78, 5) is 36.8. The Balaban J connectivity index is 1.02. The van der Waals surface area contributed by atoms with Crippen LogP contribution in [0.2, 0.25) is 0 Å². The summed E-state index contributed by atoms with van der Waals surface area (Å²) in [5, 5.41) is 3.10. The quantitative estimate of drug-likeness (QED) is 0.296. The van der Waals surface area contributed by atoms with Crippen molar-refractivity contribution in [1.29, 1.82) is 0 Å². The summed E-state index contributed by atoms with van der Waals surface area (Å²) in [5.41, 5.74) is 6.78. The highest BCUT2D eigenvalue weighted by Crippen LogP contribution is 2.56. The van der Waals surface area contributed by atoms with Crippen molar-refractivity contribution in [3.63, 3.8) is 0 Å². The number of carbonyl (C=O) groups excluding carboxylic acids is 2. The van der Waals surface area contributed by atoms with E-state index in [1.807, 2.05) is 23.1 Å². The number of likely N-dealkylation sites (tertiary alicyclic amines) is 3. The number of allylic oxidation sites excluding steroid dienone is 5. The second-order valence-corrected chi connectivity index (χ2v) is 18.5. The first-order valence-corrected chi connectivity index (χ1v) is 20.3. The zero-order valence-electron chi connectivity index (χ0n) is 32.4. The molecule has 4 aliphatic heterocycles. The van der Waals surface area contributed by atoms with E-state index in [4.69, 9.17) is 0 Å². The average Bonchev–Trinajstić information content (AvgIpc) is 3.13. The highest BCUT2D eigenvalue weighted by molar-refractivity contribution is 5.92. The Morgan fingerprint density at radius 2 is 1.53 bits per heavy atom. The SMILES string of the molecule is C=C(CC(CC1=CC=C2C(C1)C(C)(C)CCC2(C)C)C(=O)N1CCC(C2CCN(C)CC2)CC1)N1CCC(N2Cc3ccccc3NC2=O)CC1. The second kappa shape index (κ2) is 14.8. The predicted octanol–water partition coefficient (Wildman–Crippen LogP) is 8.71. The fraction of sp³-hybridized carbons (Fsp3) is 0.682. The maximum Gasteiger partial charge on any atom is 0.322 e. The molecule has 7 heteroatoms. The molecule has 278 valence electrons. The van der Waals surface area contributed by atoms with Crippen molar-refractivity contribution in [2.75, 3.05) is 51.6 Å². The third kappa shape index (κ3) is 7.84. The average molecular weight is 696 g/mol. The van der Waals surface area contributed by atoms with E-state index in [2.05, 4.69) is 79.6 Å². The molecule has 2 unspecified atom stereocenters. The van der Waals surface area contributed by atoms with Crippen LogP contribution in [-0.2, 0) is 11.3 Å². The first-order chi connectivity index (χ1) is 24.4. The summed E-state index contributed by atoms with van der Waals surface area (Å²) in [5.74, 6) is 2.38. The smallest absolute Gasteiger partial charge is 0.322 e. The van der Waals surface area contributed by atoms with Crippen molar-refractivity contribution >= 4 is 17.6 Å². The van der Waals surface area contributed by atoms with Gasteiger partial charge in [-0.05, 0) is 131 Å². The molecule has 0 radical (unpaired) electrons. The van der Waals surface area contributed by atoms with Crippen molar-refractivity contribution in [3.8, 4) is 0 Å². The highest BCUT2D eigenvalue weighted by atomic mass is 16.2. The Labute approximate surface area is 308 Å². The lowest BCUT2D eigenvalue weighted by Gasteiger charge is -2.50. The standard InChI is InChI=1S/C44H65N5O2/c1-31(47-25-17-37(18-26-47)49-30-35-9-7-8-10-40(35)45-42(49)51)27-36(28-32-11-12-38-39(29-32)44(4,5)20-19-43(38,2)3)41(50)48-23-15-34(16-24-48)33-13-21-46(6)22-14-33/h7-12,33-34,36-37,39H,1,13-30H2,2-6H3,(H,45,51). The third-order valence-corrected chi connectivity index (χ3v) is 14.3. The van der Waals surface area contributed by atoms with Crippen LogP contribution in [-0.4, -0.2) is 83.9 Å². The number of nitrogens with zero attached hydrogens (tertiary/aromatic N) is 4. The van der Waals surface area contributed by atoms with E-state index in [1.165, 1.54) is 49.9 Å². The number of nitrogens with one attached hydrogen (secondary N) is 1. The van der Waals surface area contributed by atoms with Crippen LogP contribution in [0.1, 0.15) is 104 Å². The molecule has 1 aromatic rings. The van der Waals surface area contributed by atoms with Crippen LogP contribution in [0.3, 0.4) is 0 Å². The van der Waals surface area contributed by atoms with Gasteiger partial charge in [-0.1, -0.05) is 75.8 Å². The number of urea groups is 1. The molecule has 2 aliphatic carbocycles. The summed E-state index contributed by atoms with van der Waals surface area (Å²) < 4.78 is 0. The molecule has 7 rings (SSSR count). The van der Waals surface area contributed by atoms with Crippen molar-refractivity contribution < 1.29 is 9.59 Å². The molecule has 1 N–H and O–H groups in total. The normalized spacial score (nSPS) is 26.8. The van der Waals surface area contributed by atoms with E-state index in [0.29, 0.717) is 24.8 Å². The van der Waals surface area contributed by atoms with Gasteiger partial charge in [0.25, 0.3) is 0 Å². The molecule has 0 spiro atoms. The van der Waals surface area contributed by atoms with Crippen molar-refractivity contribution in [2.24, 2.45) is 34.5 Å². The third-order valence-electron chi connectivity index (χ3n) is 14.3. The number of fused-ring (bicyclic) bond motifs is 2. The molecular weight excluding hydrogens is 631 g/mol. The van der Waals surface area contributed by atoms with E-state index in [1.54, 1.807) is 5.57 Å². The molecule has 0 aromatic heterocycles. The minimum Gasteiger partial charge on any atom is -0.375 e. The van der Waals surface area contributed by atoms with Crippen LogP contribution in [0.25, 0.3) is 0 Å². The Bertz CT molecular complexity index is 1520. The van der Waals surface area contributed by atoms with Crippen LogP contribution < -0.4 is 5.32 Å². The van der Waals surface area contributed by atoms with E-state index in [9.17, 15) is 9.59 Å². The zero-order chi connectivity index (χ0) is 35.9. The fourth-order valence-electron chi connectivity index (χ4n) is 10.6. The fourth-order valence-corrected chi connectivity index (χ4v) is 10.6. The number of anilines is 1. The van der Waals surface area contributed by atoms with Crippen LogP contribution in [0, 0.1) is 34.5 Å². The maximum atomic E-state index is 14.6. The zero-order valence-corrected chi connectivity index (χ0v) is 32.4. The van der Waals surface area contributed by atoms with Gasteiger partial charge >= 0.3 is 6.03 Å². The molecule has 2 atom stereocenters. The predicted molar refractivity (Wildman–Crippen MR) is 208 cm³/mol. The summed E-state index contributed by atoms with van der Waals surface area (Å²) in [7, 11) is 2.24. The Kier molecular flexibility index (Phi) is 10.5. The summed E-state index contributed by atoms with van der Waals surface area (Å²) in [6.45, 7) is 21.0. The van der Waals surface area contributed by atoms with Crippen LogP contribution in [0.5, 0.6) is 0 Å². The molecule has 1 saturated carbocycles. The van der Waals surface area contributed by atoms with Gasteiger partial charge in [0.15, 0.2) is 0 Å². The molecule has 0 bridgehead atoms. The van der Waals surface area contributed by atoms with Gasteiger partial charge in [-0.25, -0.2) is 4.79 Å². The van der Waals surface area contributed by atoms with Gasteiger partial charge in [0.1, 0.15) is 0 Å². The lowest BCUT2D eigenvalue weighted by Crippen LogP contribution is -2.50. The van der Waals surface area contributed by atoms with E-state index in [-0.39, 0.29) is 28.8 Å². The molecular formula is C44H65N5O2. The van der Waals surface area contributed by atoms with E-state index < -0.39 is 0 Å². The number of hydrogen-bond donors (Lipinski definition) is 1. The number of piperidine rings is 3. The first-order valence-electron chi connectivity index (χ1n) is 20.3. The van der Waals surface area contributed by atoms with Crippen molar-refractivity contribution in [3.05, 3.63) is 65.4 Å². The summed E-state index contributed by atoms with van der Waals surface area (Å²) in [6.07, 6.45) is 16.7. The number of amides is 3. The molecule has 3 amide bonds. The molecule has 4 heterocycles. The molecule has 3 saturated heterocycles. The molecule has 4 fully saturated rings. The van der Waals surface area contributed by atoms with Gasteiger partial charge in [0.2, 0.25) is 5.91 Å². The molecule has 1 aromatic carbocycles. The van der Waals surface area contributed by atoms with Crippen molar-refractivity contribution in [1.82, 2.24) is 19.6 Å². The first kappa shape index (κ1) is 36.3. The largest absolute Gasteiger partial charge is 0.375 e. The molecule has 51 heavy (non-hydrogen) atoms. The lowest BCUT2D eigenvalue weighted by molar-refractivity contribution is -0.137. The second-order valence-electron chi connectivity index (χ2n) is 18.5. The number of benzene rings is 1. The van der Waals surface area contributed by atoms with Crippen molar-refractivity contribution in [2.45, 2.75) is 111 Å². The van der Waals surface area contributed by atoms with Gasteiger partial charge in [-0.2, -0.15) is 0 Å². The highest BCUT2D eigenvalue weighted by Gasteiger charge is 2.45. The summed E-state index contributed by atoms with van der Waals surface area (Å²) >= 11 is 0. The maximum absolute atomic E-state index is 14.6. The number of para-hydroxylation sites is 1. The van der Waals surface area contributed by atoms with Crippen LogP contribution in [0.15, 0.2) is 59.8 Å². The molecule has 7 nitrogen and oxygen atoms in total. The van der Waals surface area contributed by atoms with E-state index >= 15 is 0 Å². The van der Waals surface area contributed by atoms with Crippen LogP contribution >= 0.6 is 0 Å². The lowest BCUT2D eigenvalue weighted by atomic mass is 9.55. The Hall–Kier alpha value is -3.06. The monoisotopic (exact) mass is 696 g/mol. The van der Waals surface area contributed by atoms with Gasteiger partial charge in [-0.3, -0.25) is 4.79 Å². The number of carbonyl (C=O) groups is 2. The van der Waals surface area contributed by atoms with Gasteiger partial charge in [-0.15, -0.1) is 0 Å². The Morgan fingerprint density at radius 3 is 2.24 bits per heavy atom. The minimum absolute atomic E-state index is 0.0127. The number of hydrogen-bond acceptors (Lipinski definition) is 4. The van der Waals surface area contributed by atoms with Gasteiger partial charge in [0, 0.05) is 56.1 Å². The minimum atomic E-state index is -0.0830. The van der Waals surface area contributed by atoms with Crippen LogP contribution in [0.4, 0.5) is 10.5 Å². The van der Waals surface area contributed by atoms with E-state index in [0.717, 1.165) is 87.9 Å². The van der Waals surface area contributed by atoms with Gasteiger partial charge in [0.05, 0.1) is 0 Å². The number of rotatable bonds is 8. The topological polar surface area (TPSA) is 59.1 Å².